The van der Waals surface area contributed by atoms with Crippen LogP contribution in [0.3, 0.4) is 0 Å². The van der Waals surface area contributed by atoms with Crippen LogP contribution in [0.4, 0.5) is 5.82 Å². The third kappa shape index (κ3) is 1.02. The van der Waals surface area contributed by atoms with Gasteiger partial charge in [-0.2, -0.15) is 0 Å². The highest BCUT2D eigenvalue weighted by atomic mass is 32.1. The van der Waals surface area contributed by atoms with Crippen molar-refractivity contribution in [3.8, 4) is 0 Å². The first-order valence-electron chi connectivity index (χ1n) is 3.13. The van der Waals surface area contributed by atoms with Crippen LogP contribution in [0.1, 0.15) is 0 Å². The number of nitrogens with zero attached hydrogens (tertiary/aromatic N) is 3. The smallest absolute Gasteiger partial charge is 0.358 e. The molecule has 6 heteroatoms. The molecule has 0 aliphatic carbocycles. The van der Waals surface area contributed by atoms with Gasteiger partial charge in [0.1, 0.15) is 0 Å². The largest absolute Gasteiger partial charge is 0.365 e. The summed E-state index contributed by atoms with van der Waals surface area (Å²) in [5, 5.41) is 12.9. The first kappa shape index (κ1) is 7.11. The van der Waals surface area contributed by atoms with Gasteiger partial charge in [-0.25, -0.2) is 0 Å². The number of hydrogen-bond donors (Lipinski definition) is 0. The van der Waals surface area contributed by atoms with E-state index in [-0.39, 0.29) is 5.82 Å². The zero-order valence-electron chi connectivity index (χ0n) is 5.80. The highest BCUT2D eigenvalue weighted by molar-refractivity contribution is 7.04. The predicted octanol–water partition coefficient (Wildman–Crippen LogP) is 1.60. The van der Waals surface area contributed by atoms with Crippen LogP contribution >= 0.6 is 11.5 Å². The highest BCUT2D eigenvalue weighted by Crippen LogP contribution is 2.16. The number of aromatic nitrogens is 2. The summed E-state index contributed by atoms with van der Waals surface area (Å²) < 4.78 is 3.89. The zero-order chi connectivity index (χ0) is 8.55. The van der Waals surface area contributed by atoms with Gasteiger partial charge >= 0.3 is 5.82 Å². The third-order valence-corrected chi connectivity index (χ3v) is 2.03. The van der Waals surface area contributed by atoms with E-state index in [0.717, 1.165) is 5.39 Å². The summed E-state index contributed by atoms with van der Waals surface area (Å²) >= 11 is 1.24. The minimum Gasteiger partial charge on any atom is -0.358 e. The summed E-state index contributed by atoms with van der Waals surface area (Å²) in [6.07, 6.45) is 0. The molecule has 0 radical (unpaired) electrons. The van der Waals surface area contributed by atoms with Crippen molar-refractivity contribution in [2.75, 3.05) is 0 Å². The van der Waals surface area contributed by atoms with Gasteiger partial charge in [0.2, 0.25) is 0 Å². The van der Waals surface area contributed by atoms with E-state index in [2.05, 4.69) is 9.36 Å². The summed E-state index contributed by atoms with van der Waals surface area (Å²) in [6.45, 7) is 0. The normalized spacial score (nSPS) is 10.3. The standard InChI is InChI=1S/C6H3N3O2S/c10-9(11)5-2-1-4-3-12-8-6(4)7-5/h1-3H. The molecule has 2 rings (SSSR count). The maximum Gasteiger partial charge on any atom is 0.365 e. The highest BCUT2D eigenvalue weighted by Gasteiger charge is 2.10. The van der Waals surface area contributed by atoms with Crippen molar-refractivity contribution in [1.29, 1.82) is 0 Å². The molecule has 5 nitrogen and oxygen atoms in total. The molecule has 0 spiro atoms. The molecule has 0 saturated carbocycles. The molecule has 12 heavy (non-hydrogen) atoms. The van der Waals surface area contributed by atoms with Crippen LogP contribution in [-0.2, 0) is 0 Å². The fraction of sp³-hybridized carbons (Fsp3) is 0. The Morgan fingerprint density at radius 1 is 1.50 bits per heavy atom. The van der Waals surface area contributed by atoms with Gasteiger partial charge in [0.15, 0.2) is 0 Å². The number of pyridine rings is 1. The molecule has 0 aliphatic heterocycles. The molecule has 0 bridgehead atoms. The fourth-order valence-electron chi connectivity index (χ4n) is 0.849. The van der Waals surface area contributed by atoms with E-state index in [0.29, 0.717) is 5.65 Å². The Balaban J connectivity index is 2.68. The molecule has 0 saturated heterocycles. The van der Waals surface area contributed by atoms with E-state index in [1.807, 2.05) is 0 Å². The molecule has 60 valence electrons. The van der Waals surface area contributed by atoms with Gasteiger partial charge < -0.3 is 10.1 Å². The van der Waals surface area contributed by atoms with Crippen LogP contribution in [-0.4, -0.2) is 14.3 Å². The van der Waals surface area contributed by atoms with Gasteiger partial charge in [-0.05, 0) is 27.5 Å². The maximum absolute atomic E-state index is 10.3. The topological polar surface area (TPSA) is 68.9 Å². The second kappa shape index (κ2) is 2.49. The maximum atomic E-state index is 10.3. The lowest BCUT2D eigenvalue weighted by atomic mass is 10.3. The first-order valence-corrected chi connectivity index (χ1v) is 3.96. The van der Waals surface area contributed by atoms with Gasteiger partial charge in [0.25, 0.3) is 5.65 Å². The summed E-state index contributed by atoms with van der Waals surface area (Å²) in [7, 11) is 0. The van der Waals surface area contributed by atoms with Crippen LogP contribution in [0.15, 0.2) is 17.5 Å². The molecule has 0 aromatic carbocycles. The predicted molar refractivity (Wildman–Crippen MR) is 44.1 cm³/mol. The summed E-state index contributed by atoms with van der Waals surface area (Å²) in [4.78, 5) is 13.5. The second-order valence-corrected chi connectivity index (χ2v) is 2.78. The van der Waals surface area contributed by atoms with Crippen LogP contribution in [0.2, 0.25) is 0 Å². The lowest BCUT2D eigenvalue weighted by molar-refractivity contribution is -0.389. The van der Waals surface area contributed by atoms with E-state index >= 15 is 0 Å². The van der Waals surface area contributed by atoms with E-state index in [1.165, 1.54) is 17.6 Å². The minimum atomic E-state index is -0.529. The SMILES string of the molecule is O=[N+]([O-])c1ccc2csnc2n1. The Morgan fingerprint density at radius 2 is 2.33 bits per heavy atom. The molecule has 2 heterocycles. The number of nitro groups is 1. The molecule has 0 N–H and O–H groups in total. The van der Waals surface area contributed by atoms with Gasteiger partial charge in [-0.3, -0.25) is 0 Å². The zero-order valence-corrected chi connectivity index (χ0v) is 6.61. The molecular weight excluding hydrogens is 178 g/mol. The average Bonchev–Trinajstić information content (AvgIpc) is 2.49. The molecule has 0 amide bonds. The van der Waals surface area contributed by atoms with Crippen molar-refractivity contribution in [3.05, 3.63) is 27.6 Å². The van der Waals surface area contributed by atoms with Crippen molar-refractivity contribution >= 4 is 28.4 Å². The lowest BCUT2D eigenvalue weighted by Gasteiger charge is -1.88. The molecular formula is C6H3N3O2S. The summed E-state index contributed by atoms with van der Waals surface area (Å²) in [6, 6.07) is 3.01. The Bertz CT molecular complexity index is 439. The average molecular weight is 181 g/mol. The fourth-order valence-corrected chi connectivity index (χ4v) is 1.45. The summed E-state index contributed by atoms with van der Waals surface area (Å²) in [5.74, 6) is -0.159. The number of fused-ring (bicyclic) bond motifs is 1. The van der Waals surface area contributed by atoms with Crippen molar-refractivity contribution in [1.82, 2.24) is 9.36 Å². The van der Waals surface area contributed by atoms with E-state index in [4.69, 9.17) is 0 Å². The lowest BCUT2D eigenvalue weighted by Crippen LogP contribution is -1.90. The second-order valence-electron chi connectivity index (χ2n) is 2.15. The van der Waals surface area contributed by atoms with Crippen LogP contribution in [0.5, 0.6) is 0 Å². The Hall–Kier alpha value is -1.56. The number of rotatable bonds is 1. The molecule has 0 unspecified atom stereocenters. The van der Waals surface area contributed by atoms with Crippen molar-refractivity contribution < 1.29 is 4.92 Å². The monoisotopic (exact) mass is 181 g/mol. The van der Waals surface area contributed by atoms with Crippen molar-refractivity contribution in [2.24, 2.45) is 0 Å². The van der Waals surface area contributed by atoms with Crippen LogP contribution in [0, 0.1) is 10.1 Å². The Kier molecular flexibility index (Phi) is 1.47. The van der Waals surface area contributed by atoms with Gasteiger partial charge in [-0.1, -0.05) is 0 Å². The van der Waals surface area contributed by atoms with E-state index in [1.54, 1.807) is 11.4 Å². The van der Waals surface area contributed by atoms with Crippen molar-refractivity contribution in [3.63, 3.8) is 0 Å². The van der Waals surface area contributed by atoms with E-state index in [9.17, 15) is 10.1 Å². The van der Waals surface area contributed by atoms with Gasteiger partial charge in [0, 0.05) is 11.4 Å². The van der Waals surface area contributed by atoms with Gasteiger partial charge in [-0.15, -0.1) is 4.37 Å². The minimum absolute atomic E-state index is 0.159. The molecule has 0 atom stereocenters. The van der Waals surface area contributed by atoms with Crippen LogP contribution in [0.25, 0.3) is 11.0 Å². The summed E-state index contributed by atoms with van der Waals surface area (Å²) in [5.41, 5.74) is 0.439. The quantitative estimate of drug-likeness (QED) is 0.495. The third-order valence-electron chi connectivity index (χ3n) is 1.40. The van der Waals surface area contributed by atoms with Crippen molar-refractivity contribution in [2.45, 2.75) is 0 Å². The molecule has 2 aromatic heterocycles. The van der Waals surface area contributed by atoms with Crippen LogP contribution < -0.4 is 0 Å². The van der Waals surface area contributed by atoms with E-state index < -0.39 is 4.92 Å². The molecule has 2 aromatic rings. The van der Waals surface area contributed by atoms with Gasteiger partial charge in [0.05, 0.1) is 5.39 Å². The molecule has 0 fully saturated rings. The Labute approximate surface area is 71.0 Å². The first-order chi connectivity index (χ1) is 5.77. The molecule has 0 aliphatic rings. The number of hydrogen-bond acceptors (Lipinski definition) is 5. The Morgan fingerprint density at radius 3 is 3.08 bits per heavy atom.